The van der Waals surface area contributed by atoms with Crippen LogP contribution in [-0.2, 0) is 11.2 Å². The number of amides is 1. The molecule has 5 heteroatoms. The molecule has 0 saturated carbocycles. The Bertz CT molecular complexity index is 548. The van der Waals surface area contributed by atoms with Crippen LogP contribution in [-0.4, -0.2) is 29.5 Å². The summed E-state index contributed by atoms with van der Waals surface area (Å²) in [7, 11) is 1.64. The number of benzene rings is 1. The van der Waals surface area contributed by atoms with Crippen molar-refractivity contribution < 1.29 is 9.53 Å². The van der Waals surface area contributed by atoms with E-state index in [0.29, 0.717) is 19.4 Å². The van der Waals surface area contributed by atoms with E-state index in [0.717, 1.165) is 22.6 Å². The molecular formula is C13H17N3O2. The van der Waals surface area contributed by atoms with Crippen LogP contribution in [0.4, 0.5) is 0 Å². The van der Waals surface area contributed by atoms with Crippen molar-refractivity contribution in [3.8, 4) is 5.75 Å². The number of ether oxygens (including phenoxy) is 1. The zero-order chi connectivity index (χ0) is 13.0. The monoisotopic (exact) mass is 247 g/mol. The number of hydrogen-bond donors (Lipinski definition) is 2. The van der Waals surface area contributed by atoms with Crippen LogP contribution in [0.3, 0.4) is 0 Å². The number of aromatic amines is 1. The molecule has 0 bridgehead atoms. The maximum absolute atomic E-state index is 11.1. The van der Waals surface area contributed by atoms with Crippen LogP contribution in [0, 0.1) is 0 Å². The Kier molecular flexibility index (Phi) is 3.82. The minimum absolute atomic E-state index is 0.0628. The van der Waals surface area contributed by atoms with Crippen molar-refractivity contribution in [1.82, 2.24) is 15.3 Å². The summed E-state index contributed by atoms with van der Waals surface area (Å²) in [5, 5.41) is 2.82. The lowest BCUT2D eigenvalue weighted by molar-refractivity contribution is -0.120. The lowest BCUT2D eigenvalue weighted by Gasteiger charge is -2.00. The molecule has 0 saturated heterocycles. The molecule has 18 heavy (non-hydrogen) atoms. The number of rotatable bonds is 5. The maximum Gasteiger partial charge on any atom is 0.219 e. The van der Waals surface area contributed by atoms with Gasteiger partial charge in [-0.05, 0) is 12.1 Å². The zero-order valence-corrected chi connectivity index (χ0v) is 10.6. The van der Waals surface area contributed by atoms with Gasteiger partial charge in [-0.15, -0.1) is 0 Å². The van der Waals surface area contributed by atoms with Crippen LogP contribution in [0.1, 0.15) is 19.2 Å². The van der Waals surface area contributed by atoms with E-state index in [9.17, 15) is 4.79 Å². The van der Waals surface area contributed by atoms with Gasteiger partial charge in [-0.3, -0.25) is 4.79 Å². The van der Waals surface area contributed by atoms with Crippen molar-refractivity contribution in [2.24, 2.45) is 0 Å². The Balaban J connectivity index is 2.03. The summed E-state index contributed by atoms with van der Waals surface area (Å²) in [6, 6.07) is 5.71. The number of hydrogen-bond acceptors (Lipinski definition) is 3. The van der Waals surface area contributed by atoms with Crippen LogP contribution in [0.2, 0.25) is 0 Å². The zero-order valence-electron chi connectivity index (χ0n) is 10.6. The van der Waals surface area contributed by atoms with Gasteiger partial charge in [-0.25, -0.2) is 4.98 Å². The summed E-state index contributed by atoms with van der Waals surface area (Å²) in [6.45, 7) is 2.44. The summed E-state index contributed by atoms with van der Waals surface area (Å²) >= 11 is 0. The first-order valence-corrected chi connectivity index (χ1v) is 6.02. The number of nitrogens with zero attached hydrogens (tertiary/aromatic N) is 1. The number of carbonyl (C=O) groups is 1. The lowest BCUT2D eigenvalue weighted by Crippen LogP contribution is -2.24. The summed E-state index contributed by atoms with van der Waals surface area (Å²) in [5.74, 6) is 1.74. The van der Waals surface area contributed by atoms with Gasteiger partial charge in [0, 0.05) is 25.5 Å². The van der Waals surface area contributed by atoms with Crippen molar-refractivity contribution in [2.45, 2.75) is 19.8 Å². The number of aromatic nitrogens is 2. The van der Waals surface area contributed by atoms with E-state index in [1.165, 1.54) is 0 Å². The molecule has 1 heterocycles. The van der Waals surface area contributed by atoms with E-state index in [1.54, 1.807) is 7.11 Å². The van der Waals surface area contributed by atoms with Crippen LogP contribution in [0.15, 0.2) is 18.2 Å². The molecule has 0 aliphatic rings. The molecule has 1 aromatic heterocycles. The number of methoxy groups -OCH3 is 1. The SMILES string of the molecule is CCC(=O)NCCc1nc2ccc(OC)cc2[nH]1. The van der Waals surface area contributed by atoms with Gasteiger partial charge in [0.1, 0.15) is 11.6 Å². The van der Waals surface area contributed by atoms with E-state index in [4.69, 9.17) is 4.74 Å². The van der Waals surface area contributed by atoms with E-state index < -0.39 is 0 Å². The second kappa shape index (κ2) is 5.53. The molecule has 2 rings (SSSR count). The maximum atomic E-state index is 11.1. The van der Waals surface area contributed by atoms with Crippen LogP contribution in [0.5, 0.6) is 5.75 Å². The van der Waals surface area contributed by atoms with Crippen molar-refractivity contribution in [2.75, 3.05) is 13.7 Å². The van der Waals surface area contributed by atoms with E-state index in [1.807, 2.05) is 25.1 Å². The number of H-pyrrole nitrogens is 1. The Labute approximate surface area is 106 Å². The first kappa shape index (κ1) is 12.4. The van der Waals surface area contributed by atoms with Crippen molar-refractivity contribution in [1.29, 1.82) is 0 Å². The summed E-state index contributed by atoms with van der Waals surface area (Å²) < 4.78 is 5.15. The Morgan fingerprint density at radius 1 is 1.50 bits per heavy atom. The van der Waals surface area contributed by atoms with Gasteiger partial charge in [0.15, 0.2) is 0 Å². The van der Waals surface area contributed by atoms with Gasteiger partial charge in [0.25, 0.3) is 0 Å². The average molecular weight is 247 g/mol. The summed E-state index contributed by atoms with van der Waals surface area (Å²) in [4.78, 5) is 18.8. The van der Waals surface area contributed by atoms with Crippen LogP contribution in [0.25, 0.3) is 11.0 Å². The van der Waals surface area contributed by atoms with Crippen LogP contribution < -0.4 is 10.1 Å². The van der Waals surface area contributed by atoms with Gasteiger partial charge in [0.05, 0.1) is 18.1 Å². The number of fused-ring (bicyclic) bond motifs is 1. The largest absolute Gasteiger partial charge is 0.497 e. The molecule has 5 nitrogen and oxygen atoms in total. The third kappa shape index (κ3) is 2.80. The first-order chi connectivity index (χ1) is 8.72. The first-order valence-electron chi connectivity index (χ1n) is 6.02. The molecular weight excluding hydrogens is 230 g/mol. The standard InChI is InChI=1S/C13H17N3O2/c1-3-13(17)14-7-6-12-15-10-5-4-9(18-2)8-11(10)16-12/h4-5,8H,3,6-7H2,1-2H3,(H,14,17)(H,15,16). The number of imidazole rings is 1. The molecule has 0 aliphatic heterocycles. The number of nitrogens with one attached hydrogen (secondary N) is 2. The van der Waals surface area contributed by atoms with Gasteiger partial charge < -0.3 is 15.0 Å². The fourth-order valence-electron chi connectivity index (χ4n) is 1.73. The Hall–Kier alpha value is -2.04. The molecule has 0 radical (unpaired) electrons. The molecule has 1 aromatic carbocycles. The minimum atomic E-state index is 0.0628. The topological polar surface area (TPSA) is 67.0 Å². The molecule has 1 amide bonds. The highest BCUT2D eigenvalue weighted by molar-refractivity contribution is 5.77. The minimum Gasteiger partial charge on any atom is -0.497 e. The Morgan fingerprint density at radius 3 is 3.06 bits per heavy atom. The van der Waals surface area contributed by atoms with Gasteiger partial charge in [-0.2, -0.15) is 0 Å². The third-order valence-electron chi connectivity index (χ3n) is 2.74. The van der Waals surface area contributed by atoms with Gasteiger partial charge in [-0.1, -0.05) is 6.92 Å². The molecule has 0 aliphatic carbocycles. The molecule has 2 N–H and O–H groups in total. The smallest absolute Gasteiger partial charge is 0.219 e. The fourth-order valence-corrected chi connectivity index (χ4v) is 1.73. The highest BCUT2D eigenvalue weighted by Crippen LogP contribution is 2.18. The van der Waals surface area contributed by atoms with Crippen LogP contribution >= 0.6 is 0 Å². The molecule has 0 spiro atoms. The Morgan fingerprint density at radius 2 is 2.33 bits per heavy atom. The lowest BCUT2D eigenvalue weighted by atomic mass is 10.3. The molecule has 0 unspecified atom stereocenters. The fraction of sp³-hybridized carbons (Fsp3) is 0.385. The predicted molar refractivity (Wildman–Crippen MR) is 69.7 cm³/mol. The van der Waals surface area contributed by atoms with E-state index in [-0.39, 0.29) is 5.91 Å². The average Bonchev–Trinajstić information content (AvgIpc) is 2.79. The van der Waals surface area contributed by atoms with E-state index in [2.05, 4.69) is 15.3 Å². The summed E-state index contributed by atoms with van der Waals surface area (Å²) in [6.07, 6.45) is 1.21. The normalized spacial score (nSPS) is 10.6. The predicted octanol–water partition coefficient (Wildman–Crippen LogP) is 1.64. The third-order valence-corrected chi connectivity index (χ3v) is 2.74. The number of carbonyl (C=O) groups excluding carboxylic acids is 1. The highest BCUT2D eigenvalue weighted by atomic mass is 16.5. The molecule has 0 fully saturated rings. The second-order valence-corrected chi connectivity index (χ2v) is 4.02. The van der Waals surface area contributed by atoms with Gasteiger partial charge in [0.2, 0.25) is 5.91 Å². The molecule has 96 valence electrons. The molecule has 2 aromatic rings. The molecule has 0 atom stereocenters. The summed E-state index contributed by atoms with van der Waals surface area (Å²) in [5.41, 5.74) is 1.86. The van der Waals surface area contributed by atoms with E-state index >= 15 is 0 Å². The second-order valence-electron chi connectivity index (χ2n) is 4.02. The van der Waals surface area contributed by atoms with Crippen molar-refractivity contribution >= 4 is 16.9 Å². The quantitative estimate of drug-likeness (QED) is 0.844. The van der Waals surface area contributed by atoms with Crippen molar-refractivity contribution in [3.05, 3.63) is 24.0 Å². The highest BCUT2D eigenvalue weighted by Gasteiger charge is 2.04. The van der Waals surface area contributed by atoms with Gasteiger partial charge >= 0.3 is 0 Å². The van der Waals surface area contributed by atoms with Crippen molar-refractivity contribution in [3.63, 3.8) is 0 Å².